The maximum absolute atomic E-state index is 13.4. The summed E-state index contributed by atoms with van der Waals surface area (Å²) in [6, 6.07) is 2.92. The minimum Gasteiger partial charge on any atom is -0.495 e. The highest BCUT2D eigenvalue weighted by Crippen LogP contribution is 2.45. The Morgan fingerprint density at radius 2 is 1.94 bits per heavy atom. The standard InChI is InChI=1S/C24H23Cl2N5O5/c1-5-18(32)27-9-13-10-36-11-15(13)29-24-28-8-12-6-14(23(33)31(2)22(12)30-24)19-20(25)16(34-3)7-17(35-4)21(19)26/h5-9,15H,1,10-11H2,2-4H3,(H,27,32)(H,28,29,30). The maximum atomic E-state index is 13.4. The van der Waals surface area contributed by atoms with Crippen LogP contribution in [0.15, 0.2) is 47.6 Å². The van der Waals surface area contributed by atoms with Gasteiger partial charge >= 0.3 is 0 Å². The van der Waals surface area contributed by atoms with E-state index in [0.717, 1.165) is 5.57 Å². The summed E-state index contributed by atoms with van der Waals surface area (Å²) in [7, 11) is 4.52. The first-order chi connectivity index (χ1) is 17.3. The largest absolute Gasteiger partial charge is 0.495 e. The first-order valence-electron chi connectivity index (χ1n) is 10.7. The number of carbonyl (C=O) groups is 1. The summed E-state index contributed by atoms with van der Waals surface area (Å²) in [6.45, 7) is 4.13. The molecule has 3 heterocycles. The van der Waals surface area contributed by atoms with Crippen molar-refractivity contribution in [3.8, 4) is 22.6 Å². The fourth-order valence-electron chi connectivity index (χ4n) is 3.77. The number of halogens is 2. The third kappa shape index (κ3) is 4.75. The fraction of sp³-hybridized carbons (Fsp3) is 0.250. The van der Waals surface area contributed by atoms with E-state index in [1.807, 2.05) is 0 Å². The second-order valence-corrected chi connectivity index (χ2v) is 8.58. The zero-order chi connectivity index (χ0) is 26.0. The smallest absolute Gasteiger partial charge is 0.259 e. The predicted molar refractivity (Wildman–Crippen MR) is 138 cm³/mol. The van der Waals surface area contributed by atoms with Gasteiger partial charge < -0.3 is 24.8 Å². The van der Waals surface area contributed by atoms with Crippen molar-refractivity contribution in [3.63, 3.8) is 0 Å². The molecule has 188 valence electrons. The van der Waals surface area contributed by atoms with Gasteiger partial charge in [0.15, 0.2) is 0 Å². The Morgan fingerprint density at radius 1 is 1.25 bits per heavy atom. The molecular formula is C24H23Cl2N5O5. The third-order valence-corrected chi connectivity index (χ3v) is 6.43. The molecule has 1 aliphatic rings. The zero-order valence-corrected chi connectivity index (χ0v) is 21.2. The molecule has 1 unspecified atom stereocenters. The molecule has 0 spiro atoms. The molecule has 0 aliphatic carbocycles. The molecule has 1 saturated heterocycles. The summed E-state index contributed by atoms with van der Waals surface area (Å²) in [4.78, 5) is 33.8. The topological polar surface area (TPSA) is 117 Å². The number of benzene rings is 1. The average Bonchev–Trinajstić information content (AvgIpc) is 3.32. The minimum atomic E-state index is -0.372. The highest BCUT2D eigenvalue weighted by molar-refractivity contribution is 6.41. The molecule has 10 nitrogen and oxygen atoms in total. The lowest BCUT2D eigenvalue weighted by Gasteiger charge is -2.16. The van der Waals surface area contributed by atoms with Crippen LogP contribution in [0.25, 0.3) is 22.2 Å². The van der Waals surface area contributed by atoms with E-state index in [4.69, 9.17) is 37.4 Å². The Morgan fingerprint density at radius 3 is 2.58 bits per heavy atom. The summed E-state index contributed by atoms with van der Waals surface area (Å²) < 4.78 is 17.6. The minimum absolute atomic E-state index is 0.183. The van der Waals surface area contributed by atoms with E-state index in [2.05, 4.69) is 27.2 Å². The van der Waals surface area contributed by atoms with Gasteiger partial charge in [-0.05, 0) is 17.7 Å². The number of aromatic nitrogens is 3. The number of fused-ring (bicyclic) bond motifs is 1. The number of nitrogens with zero attached hydrogens (tertiary/aromatic N) is 3. The van der Waals surface area contributed by atoms with Crippen molar-refractivity contribution in [1.82, 2.24) is 19.9 Å². The number of hydrogen-bond acceptors (Lipinski definition) is 8. The normalized spacial score (nSPS) is 16.2. The van der Waals surface area contributed by atoms with Gasteiger partial charge in [0.05, 0.1) is 49.1 Å². The van der Waals surface area contributed by atoms with E-state index in [-0.39, 0.29) is 33.1 Å². The molecule has 0 bridgehead atoms. The zero-order valence-electron chi connectivity index (χ0n) is 19.7. The molecule has 0 saturated carbocycles. The molecule has 4 rings (SSSR count). The molecule has 3 aromatic rings. The first-order valence-corrected chi connectivity index (χ1v) is 11.5. The molecule has 1 aliphatic heterocycles. The predicted octanol–water partition coefficient (Wildman–Crippen LogP) is 3.32. The quantitative estimate of drug-likeness (QED) is 0.446. The van der Waals surface area contributed by atoms with Crippen molar-refractivity contribution < 1.29 is 19.0 Å². The Labute approximate surface area is 216 Å². The summed E-state index contributed by atoms with van der Waals surface area (Å²) in [5, 5.41) is 6.75. The lowest BCUT2D eigenvalue weighted by atomic mass is 10.0. The molecule has 1 fully saturated rings. The maximum Gasteiger partial charge on any atom is 0.259 e. The van der Waals surface area contributed by atoms with Crippen LogP contribution in [0.3, 0.4) is 0 Å². The van der Waals surface area contributed by atoms with Crippen molar-refractivity contribution in [2.75, 3.05) is 32.8 Å². The molecule has 1 aromatic carbocycles. The van der Waals surface area contributed by atoms with E-state index in [1.165, 1.54) is 24.9 Å². The number of rotatable bonds is 7. The number of carbonyl (C=O) groups excluding carboxylic acids is 1. The molecule has 0 radical (unpaired) electrons. The van der Waals surface area contributed by atoms with Gasteiger partial charge in [0.1, 0.15) is 17.1 Å². The highest BCUT2D eigenvalue weighted by atomic mass is 35.5. The Kier molecular flexibility index (Phi) is 7.48. The Balaban J connectivity index is 1.74. The molecule has 2 N–H and O–H groups in total. The molecule has 1 atom stereocenters. The van der Waals surface area contributed by atoms with Crippen LogP contribution in [-0.4, -0.2) is 53.9 Å². The van der Waals surface area contributed by atoms with Crippen LogP contribution in [-0.2, 0) is 16.6 Å². The van der Waals surface area contributed by atoms with Gasteiger partial charge in [-0.25, -0.2) is 4.98 Å². The Bertz CT molecular complexity index is 1430. The number of nitrogens with one attached hydrogen (secondary N) is 2. The number of anilines is 1. The van der Waals surface area contributed by atoms with Crippen molar-refractivity contribution in [3.05, 3.63) is 63.2 Å². The van der Waals surface area contributed by atoms with E-state index < -0.39 is 0 Å². The van der Waals surface area contributed by atoms with Gasteiger partial charge in [0.2, 0.25) is 11.9 Å². The first kappa shape index (κ1) is 25.5. The van der Waals surface area contributed by atoms with Crippen LogP contribution in [0.2, 0.25) is 10.0 Å². The van der Waals surface area contributed by atoms with Gasteiger partial charge in [-0.1, -0.05) is 29.8 Å². The van der Waals surface area contributed by atoms with Gasteiger partial charge in [-0.2, -0.15) is 4.98 Å². The van der Waals surface area contributed by atoms with Gasteiger partial charge in [0, 0.05) is 36.5 Å². The molecule has 2 aromatic heterocycles. The van der Waals surface area contributed by atoms with Gasteiger partial charge in [0.25, 0.3) is 5.56 Å². The van der Waals surface area contributed by atoms with Crippen molar-refractivity contribution in [1.29, 1.82) is 0 Å². The Hall–Kier alpha value is -3.60. The lowest BCUT2D eigenvalue weighted by Crippen LogP contribution is -2.26. The van der Waals surface area contributed by atoms with E-state index >= 15 is 0 Å². The van der Waals surface area contributed by atoms with Crippen LogP contribution in [0.5, 0.6) is 11.5 Å². The number of ether oxygens (including phenoxy) is 3. The average molecular weight is 532 g/mol. The summed E-state index contributed by atoms with van der Waals surface area (Å²) >= 11 is 13.1. The molecule has 12 heteroatoms. The van der Waals surface area contributed by atoms with Crippen molar-refractivity contribution in [2.45, 2.75) is 6.04 Å². The lowest BCUT2D eigenvalue weighted by molar-refractivity contribution is -0.115. The second kappa shape index (κ2) is 10.6. The van der Waals surface area contributed by atoms with E-state index in [1.54, 1.807) is 31.6 Å². The van der Waals surface area contributed by atoms with Crippen LogP contribution in [0, 0.1) is 0 Å². The summed E-state index contributed by atoms with van der Waals surface area (Å²) in [6.07, 6.45) is 4.34. The number of methoxy groups -OCH3 is 2. The molecule has 1 amide bonds. The SMILES string of the molecule is C=CC(=O)NC=C1COCC1Nc1ncc2cc(-c3c(Cl)c(OC)cc(OC)c3Cl)c(=O)n(C)c2n1. The fourth-order valence-corrected chi connectivity index (χ4v) is 4.48. The second-order valence-electron chi connectivity index (χ2n) is 7.82. The van der Waals surface area contributed by atoms with E-state index in [9.17, 15) is 9.59 Å². The number of amides is 1. The molecular weight excluding hydrogens is 509 g/mol. The van der Waals surface area contributed by atoms with Gasteiger partial charge in [-0.15, -0.1) is 0 Å². The van der Waals surface area contributed by atoms with Crippen molar-refractivity contribution >= 4 is 46.1 Å². The van der Waals surface area contributed by atoms with Crippen LogP contribution >= 0.6 is 23.2 Å². The number of aryl methyl sites for hydroxylation is 1. The summed E-state index contributed by atoms with van der Waals surface area (Å²) in [5.41, 5.74) is 1.37. The van der Waals surface area contributed by atoms with Crippen LogP contribution in [0.4, 0.5) is 5.95 Å². The number of hydrogen-bond donors (Lipinski definition) is 2. The van der Waals surface area contributed by atoms with Crippen LogP contribution < -0.4 is 25.7 Å². The third-order valence-electron chi connectivity index (χ3n) is 5.68. The molecule has 36 heavy (non-hydrogen) atoms. The highest BCUT2D eigenvalue weighted by Gasteiger charge is 2.24. The van der Waals surface area contributed by atoms with Crippen molar-refractivity contribution in [2.24, 2.45) is 7.05 Å². The number of pyridine rings is 1. The van der Waals surface area contributed by atoms with Crippen LogP contribution in [0.1, 0.15) is 0 Å². The monoisotopic (exact) mass is 531 g/mol. The van der Waals surface area contributed by atoms with E-state index in [0.29, 0.717) is 47.3 Å². The summed E-state index contributed by atoms with van der Waals surface area (Å²) in [5.74, 6) is 0.603. The van der Waals surface area contributed by atoms with Gasteiger partial charge in [-0.3, -0.25) is 14.2 Å².